The largest absolute Gasteiger partial charge is 0.414 e. The lowest BCUT2D eigenvalue weighted by Crippen LogP contribution is -2.51. The molecule has 1 unspecified atom stereocenters. The number of carbonyl (C=O) groups is 1. The fourth-order valence-electron chi connectivity index (χ4n) is 7.09. The minimum absolute atomic E-state index is 0.00842. The highest BCUT2D eigenvalue weighted by molar-refractivity contribution is 6.74. The number of allylic oxidation sites excluding steroid dienone is 1. The van der Waals surface area contributed by atoms with E-state index in [-0.39, 0.29) is 10.5 Å². The minimum atomic E-state index is -1.71. The fraction of sp³-hybridized carbons (Fsp3) is 0.880. The molecule has 0 aliphatic heterocycles. The number of hydrogen-bond donors (Lipinski definition) is 0. The molecule has 3 saturated carbocycles. The molecule has 0 heterocycles. The second-order valence-corrected chi connectivity index (χ2v) is 17.2. The summed E-state index contributed by atoms with van der Waals surface area (Å²) in [5.74, 6) is 2.71. The lowest BCUT2D eigenvalue weighted by atomic mass is 9.48. The molecule has 3 heteroatoms. The molecule has 0 aromatic heterocycles. The number of rotatable bonds is 2. The quantitative estimate of drug-likeness (QED) is 0.370. The Kier molecular flexibility index (Phi) is 4.87. The van der Waals surface area contributed by atoms with E-state index < -0.39 is 8.32 Å². The Morgan fingerprint density at radius 1 is 1.04 bits per heavy atom. The standard InChI is InChI=1S/C25H42O2Si/c1-23(2,3)28(6,7)27-18-12-14-24(4)17(16-18)8-9-19-20-10-11-22(26)25(20,5)15-13-21(19)24/h8,18-21H,9-16H2,1-7H3/t18?,19-,20-,21-,24-,25-/m0/s1. The van der Waals surface area contributed by atoms with Crippen LogP contribution >= 0.6 is 0 Å². The third kappa shape index (κ3) is 3.02. The number of carbonyl (C=O) groups excluding carboxylic acids is 1. The van der Waals surface area contributed by atoms with Gasteiger partial charge in [0.2, 0.25) is 0 Å². The van der Waals surface area contributed by atoms with Gasteiger partial charge in [0.1, 0.15) is 5.78 Å². The van der Waals surface area contributed by atoms with Crippen molar-refractivity contribution in [2.75, 3.05) is 0 Å². The Balaban J connectivity index is 1.53. The van der Waals surface area contributed by atoms with Gasteiger partial charge in [0.25, 0.3) is 0 Å². The van der Waals surface area contributed by atoms with E-state index in [4.69, 9.17) is 4.43 Å². The third-order valence-electron chi connectivity index (χ3n) is 10.0. The molecule has 3 fully saturated rings. The molecule has 4 aliphatic carbocycles. The van der Waals surface area contributed by atoms with Crippen LogP contribution in [0.4, 0.5) is 0 Å². The van der Waals surface area contributed by atoms with Crippen molar-refractivity contribution in [1.29, 1.82) is 0 Å². The van der Waals surface area contributed by atoms with Gasteiger partial charge in [-0.3, -0.25) is 4.79 Å². The van der Waals surface area contributed by atoms with Gasteiger partial charge in [0.05, 0.1) is 0 Å². The zero-order chi connectivity index (χ0) is 20.5. The zero-order valence-electron chi connectivity index (χ0n) is 19.4. The maximum absolute atomic E-state index is 12.6. The molecular formula is C25H42O2Si. The van der Waals surface area contributed by atoms with Gasteiger partial charge in [-0.25, -0.2) is 0 Å². The van der Waals surface area contributed by atoms with Crippen molar-refractivity contribution in [3.8, 4) is 0 Å². The van der Waals surface area contributed by atoms with Crippen molar-refractivity contribution in [3.63, 3.8) is 0 Å². The summed E-state index contributed by atoms with van der Waals surface area (Å²) in [6, 6.07) is 0. The highest BCUT2D eigenvalue weighted by atomic mass is 28.4. The van der Waals surface area contributed by atoms with Gasteiger partial charge in [-0.1, -0.05) is 46.3 Å². The molecule has 0 N–H and O–H groups in total. The van der Waals surface area contributed by atoms with E-state index in [1.165, 1.54) is 25.7 Å². The van der Waals surface area contributed by atoms with Crippen LogP contribution in [0.2, 0.25) is 18.1 Å². The summed E-state index contributed by atoms with van der Waals surface area (Å²) in [5.41, 5.74) is 2.03. The van der Waals surface area contributed by atoms with Crippen LogP contribution in [-0.2, 0) is 9.22 Å². The summed E-state index contributed by atoms with van der Waals surface area (Å²) in [6.45, 7) is 16.7. The lowest BCUT2D eigenvalue weighted by molar-refractivity contribution is -0.131. The Labute approximate surface area is 174 Å². The average Bonchev–Trinajstić information content (AvgIpc) is 2.89. The highest BCUT2D eigenvalue weighted by Crippen LogP contribution is 2.64. The smallest absolute Gasteiger partial charge is 0.192 e. The summed E-state index contributed by atoms with van der Waals surface area (Å²) in [7, 11) is -1.71. The normalized spacial score (nSPS) is 43.8. The van der Waals surface area contributed by atoms with Crippen LogP contribution in [0.3, 0.4) is 0 Å². The first-order valence-electron chi connectivity index (χ1n) is 11.8. The Morgan fingerprint density at radius 2 is 1.68 bits per heavy atom. The van der Waals surface area contributed by atoms with Crippen molar-refractivity contribution in [2.45, 2.75) is 110 Å². The van der Waals surface area contributed by atoms with Gasteiger partial charge < -0.3 is 4.43 Å². The molecule has 158 valence electrons. The van der Waals surface area contributed by atoms with Crippen molar-refractivity contribution >= 4 is 14.1 Å². The van der Waals surface area contributed by atoms with E-state index in [1.807, 2.05) is 0 Å². The van der Waals surface area contributed by atoms with E-state index in [0.717, 1.165) is 37.5 Å². The van der Waals surface area contributed by atoms with Crippen molar-refractivity contribution in [1.82, 2.24) is 0 Å². The van der Waals surface area contributed by atoms with Crippen LogP contribution < -0.4 is 0 Å². The van der Waals surface area contributed by atoms with Crippen molar-refractivity contribution in [2.24, 2.45) is 28.6 Å². The average molecular weight is 403 g/mol. The summed E-state index contributed by atoms with van der Waals surface area (Å²) in [6.07, 6.45) is 12.2. The minimum Gasteiger partial charge on any atom is -0.414 e. The van der Waals surface area contributed by atoms with Crippen LogP contribution in [0.15, 0.2) is 11.6 Å². The predicted octanol–water partition coefficient (Wildman–Crippen LogP) is 6.91. The van der Waals surface area contributed by atoms with Crippen LogP contribution in [0.5, 0.6) is 0 Å². The van der Waals surface area contributed by atoms with Crippen LogP contribution in [0, 0.1) is 28.6 Å². The van der Waals surface area contributed by atoms with Crippen LogP contribution in [0.25, 0.3) is 0 Å². The van der Waals surface area contributed by atoms with Gasteiger partial charge in [-0.15, -0.1) is 0 Å². The fourth-order valence-corrected chi connectivity index (χ4v) is 8.48. The van der Waals surface area contributed by atoms with E-state index in [9.17, 15) is 4.79 Å². The first-order valence-corrected chi connectivity index (χ1v) is 14.7. The van der Waals surface area contributed by atoms with Gasteiger partial charge >= 0.3 is 0 Å². The number of hydrogen-bond acceptors (Lipinski definition) is 2. The molecule has 0 saturated heterocycles. The maximum Gasteiger partial charge on any atom is 0.192 e. The first-order chi connectivity index (χ1) is 12.9. The summed E-state index contributed by atoms with van der Waals surface area (Å²) >= 11 is 0. The Morgan fingerprint density at radius 3 is 2.36 bits per heavy atom. The number of ketones is 1. The molecule has 0 bridgehead atoms. The SMILES string of the molecule is CC(C)(C)[Si](C)(C)OC1CC[C@@]2(C)C(=CC[C@@H]3[C@@H]2CC[C@]2(C)C(=O)CC[C@@H]32)C1. The molecule has 4 rings (SSSR count). The van der Waals surface area contributed by atoms with Crippen LogP contribution in [0.1, 0.15) is 86.0 Å². The molecule has 6 atom stereocenters. The summed E-state index contributed by atoms with van der Waals surface area (Å²) in [4.78, 5) is 12.6. The molecule has 2 nitrogen and oxygen atoms in total. The van der Waals surface area contributed by atoms with Crippen molar-refractivity contribution < 1.29 is 9.22 Å². The van der Waals surface area contributed by atoms with Crippen LogP contribution in [-0.4, -0.2) is 20.2 Å². The molecule has 28 heavy (non-hydrogen) atoms. The third-order valence-corrected chi connectivity index (χ3v) is 14.6. The predicted molar refractivity (Wildman–Crippen MR) is 119 cm³/mol. The zero-order valence-corrected chi connectivity index (χ0v) is 20.4. The van der Waals surface area contributed by atoms with Gasteiger partial charge in [0.15, 0.2) is 8.32 Å². The molecule has 0 aromatic rings. The molecule has 0 amide bonds. The molecular weight excluding hydrogens is 360 g/mol. The molecule has 0 aromatic carbocycles. The highest BCUT2D eigenvalue weighted by Gasteiger charge is 2.58. The van der Waals surface area contributed by atoms with E-state index in [1.54, 1.807) is 5.57 Å². The van der Waals surface area contributed by atoms with Gasteiger partial charge in [-0.2, -0.15) is 0 Å². The second kappa shape index (κ2) is 6.54. The van der Waals surface area contributed by atoms with E-state index in [0.29, 0.717) is 23.2 Å². The lowest BCUT2D eigenvalue weighted by Gasteiger charge is -2.57. The summed E-state index contributed by atoms with van der Waals surface area (Å²) in [5, 5.41) is 0.280. The number of fused-ring (bicyclic) bond motifs is 5. The molecule has 4 aliphatic rings. The molecule has 0 spiro atoms. The van der Waals surface area contributed by atoms with Crippen molar-refractivity contribution in [3.05, 3.63) is 11.6 Å². The topological polar surface area (TPSA) is 26.3 Å². The maximum atomic E-state index is 12.6. The Hall–Kier alpha value is -0.413. The molecule has 0 radical (unpaired) electrons. The van der Waals surface area contributed by atoms with Gasteiger partial charge in [0, 0.05) is 17.9 Å². The monoisotopic (exact) mass is 402 g/mol. The van der Waals surface area contributed by atoms with E-state index >= 15 is 0 Å². The van der Waals surface area contributed by atoms with E-state index in [2.05, 4.69) is 53.8 Å². The Bertz CT molecular complexity index is 687. The first kappa shape index (κ1) is 20.8. The number of Topliss-reactive ketones (excluding diaryl/α,β-unsaturated/α-hetero) is 1. The summed E-state index contributed by atoms with van der Waals surface area (Å²) < 4.78 is 6.83. The second-order valence-electron chi connectivity index (χ2n) is 12.4. The van der Waals surface area contributed by atoms with Gasteiger partial charge in [-0.05, 0) is 86.2 Å².